The maximum Gasteiger partial charge on any atom is 0.319 e. The summed E-state index contributed by atoms with van der Waals surface area (Å²) in [6.45, 7) is 4.03. The van der Waals surface area contributed by atoms with E-state index in [4.69, 9.17) is 0 Å². The molecule has 0 saturated carbocycles. The number of anilines is 3. The highest BCUT2D eigenvalue weighted by atomic mass is 16.2. The third kappa shape index (κ3) is 4.77. The van der Waals surface area contributed by atoms with Gasteiger partial charge < -0.3 is 20.4 Å². The highest BCUT2D eigenvalue weighted by Gasteiger charge is 2.24. The fourth-order valence-electron chi connectivity index (χ4n) is 4.21. The van der Waals surface area contributed by atoms with E-state index >= 15 is 0 Å². The number of amides is 2. The minimum absolute atomic E-state index is 0.118. The average Bonchev–Trinajstić information content (AvgIpc) is 3.01. The van der Waals surface area contributed by atoms with Gasteiger partial charge in [-0.15, -0.1) is 0 Å². The molecule has 5 heteroatoms. The fraction of sp³-hybridized carbons (Fsp3) is 0.435. The Morgan fingerprint density at radius 2 is 1.57 bits per heavy atom. The Hall–Kier alpha value is -2.69. The van der Waals surface area contributed by atoms with Crippen LogP contribution < -0.4 is 20.4 Å². The van der Waals surface area contributed by atoms with E-state index in [-0.39, 0.29) is 12.1 Å². The Balaban J connectivity index is 1.31. The molecule has 0 radical (unpaired) electrons. The van der Waals surface area contributed by atoms with Crippen LogP contribution in [0, 0.1) is 0 Å². The zero-order chi connectivity index (χ0) is 19.2. The summed E-state index contributed by atoms with van der Waals surface area (Å²) in [6, 6.07) is 18.7. The van der Waals surface area contributed by atoms with Gasteiger partial charge in [0.15, 0.2) is 0 Å². The van der Waals surface area contributed by atoms with E-state index in [9.17, 15) is 4.79 Å². The smallest absolute Gasteiger partial charge is 0.319 e. The molecular weight excluding hydrogens is 348 g/mol. The summed E-state index contributed by atoms with van der Waals surface area (Å²) in [4.78, 5) is 17.3. The van der Waals surface area contributed by atoms with Crippen LogP contribution in [0.5, 0.6) is 0 Å². The van der Waals surface area contributed by atoms with Crippen LogP contribution in [-0.2, 0) is 0 Å². The molecule has 2 aliphatic heterocycles. The molecule has 5 nitrogen and oxygen atoms in total. The number of benzene rings is 2. The molecule has 2 aromatic carbocycles. The first-order chi connectivity index (χ1) is 13.8. The summed E-state index contributed by atoms with van der Waals surface area (Å²) in [6.07, 6.45) is 6.10. The zero-order valence-electron chi connectivity index (χ0n) is 16.4. The van der Waals surface area contributed by atoms with Gasteiger partial charge in [-0.3, -0.25) is 0 Å². The molecule has 2 N–H and O–H groups in total. The van der Waals surface area contributed by atoms with Crippen LogP contribution in [0.4, 0.5) is 21.9 Å². The normalized spacial score (nSPS) is 19.9. The first-order valence-corrected chi connectivity index (χ1v) is 10.5. The number of nitrogens with one attached hydrogen (secondary N) is 2. The van der Waals surface area contributed by atoms with Gasteiger partial charge >= 0.3 is 6.03 Å². The van der Waals surface area contributed by atoms with Crippen molar-refractivity contribution in [2.45, 2.75) is 38.1 Å². The lowest BCUT2D eigenvalue weighted by Gasteiger charge is -2.23. The van der Waals surface area contributed by atoms with Crippen molar-refractivity contribution in [2.24, 2.45) is 0 Å². The van der Waals surface area contributed by atoms with Gasteiger partial charge in [-0.2, -0.15) is 0 Å². The van der Waals surface area contributed by atoms with Crippen LogP contribution >= 0.6 is 0 Å². The number of carbonyl (C=O) groups is 1. The number of hydrogen-bond donors (Lipinski definition) is 2. The quantitative estimate of drug-likeness (QED) is 0.825. The largest absolute Gasteiger partial charge is 0.371 e. The Bertz CT molecular complexity index is 771. The van der Waals surface area contributed by atoms with E-state index in [0.29, 0.717) is 0 Å². The Morgan fingerprint density at radius 1 is 0.821 bits per heavy atom. The minimum Gasteiger partial charge on any atom is -0.371 e. The van der Waals surface area contributed by atoms with E-state index in [1.807, 2.05) is 18.2 Å². The third-order valence-corrected chi connectivity index (χ3v) is 5.72. The Morgan fingerprint density at radius 3 is 2.36 bits per heavy atom. The number of nitrogens with zero attached hydrogens (tertiary/aromatic N) is 2. The van der Waals surface area contributed by atoms with Crippen LogP contribution in [0.1, 0.15) is 32.1 Å². The highest BCUT2D eigenvalue weighted by Crippen LogP contribution is 2.23. The fourth-order valence-corrected chi connectivity index (χ4v) is 4.21. The molecule has 0 spiro atoms. The van der Waals surface area contributed by atoms with Gasteiger partial charge in [-0.25, -0.2) is 4.79 Å². The average molecular weight is 379 g/mol. The lowest BCUT2D eigenvalue weighted by atomic mass is 10.2. The van der Waals surface area contributed by atoms with Gasteiger partial charge in [0.05, 0.1) is 0 Å². The van der Waals surface area contributed by atoms with Crippen LogP contribution in [0.3, 0.4) is 0 Å². The number of urea groups is 1. The summed E-state index contributed by atoms with van der Waals surface area (Å²) in [5.41, 5.74) is 3.28. The van der Waals surface area contributed by atoms with Crippen molar-refractivity contribution < 1.29 is 4.79 Å². The first kappa shape index (κ1) is 18.7. The van der Waals surface area contributed by atoms with Gasteiger partial charge in [0.1, 0.15) is 0 Å². The first-order valence-electron chi connectivity index (χ1n) is 10.5. The molecule has 0 bridgehead atoms. The molecule has 0 aliphatic carbocycles. The van der Waals surface area contributed by atoms with Crippen LogP contribution in [0.25, 0.3) is 0 Å². The lowest BCUT2D eigenvalue weighted by Crippen LogP contribution is -2.39. The SMILES string of the molecule is O=C(Nc1cccc(N2CCCCCC2)c1)N[C@@H]1CCN(c2ccccc2)C1. The lowest BCUT2D eigenvalue weighted by molar-refractivity contribution is 0.249. The molecular formula is C23H30N4O. The van der Waals surface area contributed by atoms with E-state index in [1.165, 1.54) is 37.1 Å². The molecule has 2 amide bonds. The summed E-state index contributed by atoms with van der Waals surface area (Å²) >= 11 is 0. The van der Waals surface area contributed by atoms with Gasteiger partial charge in [-0.05, 0) is 49.6 Å². The van der Waals surface area contributed by atoms with Crippen LogP contribution in [0.15, 0.2) is 54.6 Å². The van der Waals surface area contributed by atoms with Crippen molar-refractivity contribution in [1.29, 1.82) is 0 Å². The summed E-state index contributed by atoms with van der Waals surface area (Å²) in [5, 5.41) is 6.15. The monoisotopic (exact) mass is 378 g/mol. The maximum absolute atomic E-state index is 12.5. The molecule has 2 heterocycles. The van der Waals surface area contributed by atoms with Crippen molar-refractivity contribution >= 4 is 23.1 Å². The highest BCUT2D eigenvalue weighted by molar-refractivity contribution is 5.90. The molecule has 0 unspecified atom stereocenters. The number of hydrogen-bond acceptors (Lipinski definition) is 3. The van der Waals surface area contributed by atoms with Crippen molar-refractivity contribution in [3.05, 3.63) is 54.6 Å². The molecule has 2 saturated heterocycles. The third-order valence-electron chi connectivity index (χ3n) is 5.72. The molecule has 148 valence electrons. The van der Waals surface area contributed by atoms with Gasteiger partial charge in [-0.1, -0.05) is 37.1 Å². The second-order valence-corrected chi connectivity index (χ2v) is 7.82. The van der Waals surface area contributed by atoms with Gasteiger partial charge in [0.2, 0.25) is 0 Å². The number of carbonyl (C=O) groups excluding carboxylic acids is 1. The maximum atomic E-state index is 12.5. The Kier molecular flexibility index (Phi) is 6.00. The molecule has 1 atom stereocenters. The van der Waals surface area contributed by atoms with E-state index in [2.05, 4.69) is 56.8 Å². The van der Waals surface area contributed by atoms with Crippen molar-refractivity contribution in [2.75, 3.05) is 41.3 Å². The summed E-state index contributed by atoms with van der Waals surface area (Å²) in [5.74, 6) is 0. The van der Waals surface area contributed by atoms with Gasteiger partial charge in [0.25, 0.3) is 0 Å². The standard InChI is InChI=1S/C23H30N4O/c28-23(25-20-13-16-27(18-20)21-10-4-3-5-11-21)24-19-9-8-12-22(17-19)26-14-6-1-2-7-15-26/h3-5,8-12,17,20H,1-2,6-7,13-16,18H2,(H2,24,25,28)/t20-/m1/s1. The number of rotatable bonds is 4. The second-order valence-electron chi connectivity index (χ2n) is 7.82. The van der Waals surface area contributed by atoms with Crippen LogP contribution in [-0.4, -0.2) is 38.3 Å². The topological polar surface area (TPSA) is 47.6 Å². The van der Waals surface area contributed by atoms with Crippen molar-refractivity contribution in [3.8, 4) is 0 Å². The Labute approximate surface area is 167 Å². The molecule has 28 heavy (non-hydrogen) atoms. The number of para-hydroxylation sites is 1. The molecule has 2 aromatic rings. The van der Waals surface area contributed by atoms with E-state index in [0.717, 1.165) is 38.3 Å². The van der Waals surface area contributed by atoms with Gasteiger partial charge in [0, 0.05) is 49.3 Å². The molecule has 4 rings (SSSR count). The second kappa shape index (κ2) is 9.00. The van der Waals surface area contributed by atoms with E-state index in [1.54, 1.807) is 0 Å². The summed E-state index contributed by atoms with van der Waals surface area (Å²) < 4.78 is 0. The zero-order valence-corrected chi connectivity index (χ0v) is 16.4. The van der Waals surface area contributed by atoms with Crippen molar-refractivity contribution in [3.63, 3.8) is 0 Å². The predicted octanol–water partition coefficient (Wildman–Crippen LogP) is 4.47. The van der Waals surface area contributed by atoms with Crippen molar-refractivity contribution in [1.82, 2.24) is 5.32 Å². The molecule has 0 aromatic heterocycles. The van der Waals surface area contributed by atoms with E-state index < -0.39 is 0 Å². The van der Waals surface area contributed by atoms with Crippen LogP contribution in [0.2, 0.25) is 0 Å². The minimum atomic E-state index is -0.118. The predicted molar refractivity (Wildman–Crippen MR) is 116 cm³/mol. The molecule has 2 aliphatic rings. The molecule has 2 fully saturated rings. The summed E-state index contributed by atoms with van der Waals surface area (Å²) in [7, 11) is 0.